The Hall–Kier alpha value is -1.46. The lowest BCUT2D eigenvalue weighted by Gasteiger charge is -2.20. The van der Waals surface area contributed by atoms with Crippen molar-refractivity contribution in [2.45, 2.75) is 19.9 Å². The minimum Gasteiger partial charge on any atom is -0.341 e. The molecule has 0 saturated carbocycles. The van der Waals surface area contributed by atoms with E-state index in [1.165, 1.54) is 31.6 Å². The Balaban J connectivity index is 1.59. The van der Waals surface area contributed by atoms with Gasteiger partial charge in [-0.25, -0.2) is 9.37 Å². The summed E-state index contributed by atoms with van der Waals surface area (Å²) in [4.78, 5) is 12.5. The van der Waals surface area contributed by atoms with Crippen LogP contribution in [-0.4, -0.2) is 53.0 Å². The van der Waals surface area contributed by atoms with E-state index in [0.29, 0.717) is 0 Å². The first-order valence-corrected chi connectivity index (χ1v) is 7.69. The smallest absolute Gasteiger partial charge is 0.125 e. The van der Waals surface area contributed by atoms with Crippen molar-refractivity contribution in [1.29, 1.82) is 0 Å². The van der Waals surface area contributed by atoms with Crippen LogP contribution in [0, 0.1) is 11.7 Å². The van der Waals surface area contributed by atoms with E-state index in [2.05, 4.69) is 33.7 Å². The molecule has 1 aliphatic heterocycles. The second-order valence-electron chi connectivity index (χ2n) is 6.09. The van der Waals surface area contributed by atoms with E-state index in [-0.39, 0.29) is 5.82 Å². The molecule has 1 aromatic heterocycles. The fraction of sp³-hybridized carbons (Fsp3) is 0.562. The second kappa shape index (κ2) is 6.12. The molecule has 0 radical (unpaired) electrons. The monoisotopic (exact) mass is 290 g/mol. The van der Waals surface area contributed by atoms with Crippen LogP contribution in [0.5, 0.6) is 0 Å². The van der Waals surface area contributed by atoms with Crippen LogP contribution in [0.3, 0.4) is 0 Å². The van der Waals surface area contributed by atoms with Gasteiger partial charge in [-0.3, -0.25) is 4.90 Å². The van der Waals surface area contributed by atoms with Gasteiger partial charge in [0.05, 0.1) is 17.6 Å². The minimum atomic E-state index is -0.225. The van der Waals surface area contributed by atoms with Crippen molar-refractivity contribution in [3.05, 3.63) is 29.8 Å². The highest BCUT2D eigenvalue weighted by Gasteiger charge is 2.22. The summed E-state index contributed by atoms with van der Waals surface area (Å²) in [5.74, 6) is 1.43. The molecule has 1 saturated heterocycles. The fourth-order valence-corrected chi connectivity index (χ4v) is 3.22. The van der Waals surface area contributed by atoms with Crippen molar-refractivity contribution < 1.29 is 4.39 Å². The topological polar surface area (TPSA) is 35.2 Å². The third kappa shape index (κ3) is 3.41. The molecule has 3 rings (SSSR count). The van der Waals surface area contributed by atoms with E-state index in [0.717, 1.165) is 42.4 Å². The Bertz CT molecular complexity index is 609. The van der Waals surface area contributed by atoms with Gasteiger partial charge < -0.3 is 9.88 Å². The predicted molar refractivity (Wildman–Crippen MR) is 82.6 cm³/mol. The normalized spacial score (nSPS) is 19.9. The molecule has 0 bridgehead atoms. The molecule has 5 heteroatoms. The Morgan fingerprint density at radius 1 is 1.48 bits per heavy atom. The van der Waals surface area contributed by atoms with Gasteiger partial charge in [-0.15, -0.1) is 0 Å². The van der Waals surface area contributed by atoms with Gasteiger partial charge in [-0.2, -0.15) is 0 Å². The van der Waals surface area contributed by atoms with Gasteiger partial charge in [0.2, 0.25) is 0 Å². The number of aromatic amines is 1. The lowest BCUT2D eigenvalue weighted by Crippen LogP contribution is -2.28. The van der Waals surface area contributed by atoms with E-state index < -0.39 is 0 Å². The molecule has 0 unspecified atom stereocenters. The molecule has 1 fully saturated rings. The first-order valence-electron chi connectivity index (χ1n) is 7.69. The van der Waals surface area contributed by atoms with Gasteiger partial charge >= 0.3 is 0 Å². The number of benzene rings is 1. The molecule has 0 amide bonds. The Morgan fingerprint density at radius 2 is 2.33 bits per heavy atom. The van der Waals surface area contributed by atoms with Crippen LogP contribution in [0.1, 0.15) is 19.2 Å². The molecule has 114 valence electrons. The van der Waals surface area contributed by atoms with Gasteiger partial charge in [0.15, 0.2) is 0 Å². The average molecular weight is 290 g/mol. The standard InChI is InChI=1S/C16H23FN4/c1-3-21-7-6-12(10-21)9-20(2)11-16-18-14-5-4-13(17)8-15(14)19-16/h4-5,8,12H,3,6-7,9-11H2,1-2H3,(H,18,19)/t12-/m1/s1. The second-order valence-corrected chi connectivity index (χ2v) is 6.09. The van der Waals surface area contributed by atoms with Crippen LogP contribution >= 0.6 is 0 Å². The zero-order chi connectivity index (χ0) is 14.8. The van der Waals surface area contributed by atoms with Crippen LogP contribution in [-0.2, 0) is 6.54 Å². The molecule has 2 heterocycles. The van der Waals surface area contributed by atoms with Gasteiger partial charge in [-0.1, -0.05) is 6.92 Å². The highest BCUT2D eigenvalue weighted by Crippen LogP contribution is 2.18. The maximum Gasteiger partial charge on any atom is 0.125 e. The molecular formula is C16H23FN4. The van der Waals surface area contributed by atoms with Gasteiger partial charge in [0.25, 0.3) is 0 Å². The molecule has 0 aliphatic carbocycles. The van der Waals surface area contributed by atoms with E-state index in [4.69, 9.17) is 0 Å². The maximum absolute atomic E-state index is 13.2. The molecule has 4 nitrogen and oxygen atoms in total. The number of nitrogens with one attached hydrogen (secondary N) is 1. The number of rotatable bonds is 5. The Morgan fingerprint density at radius 3 is 3.10 bits per heavy atom. The zero-order valence-corrected chi connectivity index (χ0v) is 12.8. The number of H-pyrrole nitrogens is 1. The molecule has 1 aromatic carbocycles. The predicted octanol–water partition coefficient (Wildman–Crippen LogP) is 2.48. The maximum atomic E-state index is 13.2. The number of aromatic nitrogens is 2. The van der Waals surface area contributed by atoms with E-state index in [1.54, 1.807) is 6.07 Å². The van der Waals surface area contributed by atoms with Gasteiger partial charge in [0.1, 0.15) is 11.6 Å². The number of likely N-dealkylation sites (tertiary alicyclic amines) is 1. The molecule has 1 aliphatic rings. The third-order valence-electron chi connectivity index (χ3n) is 4.30. The Labute approximate surface area is 125 Å². The number of hydrogen-bond acceptors (Lipinski definition) is 3. The third-order valence-corrected chi connectivity index (χ3v) is 4.30. The largest absolute Gasteiger partial charge is 0.341 e. The molecular weight excluding hydrogens is 267 g/mol. The average Bonchev–Trinajstić information content (AvgIpc) is 3.04. The number of halogens is 1. The number of imidazole rings is 1. The molecule has 21 heavy (non-hydrogen) atoms. The quantitative estimate of drug-likeness (QED) is 0.919. The van der Waals surface area contributed by atoms with E-state index >= 15 is 0 Å². The summed E-state index contributed by atoms with van der Waals surface area (Å²) >= 11 is 0. The van der Waals surface area contributed by atoms with Crippen molar-refractivity contribution in [3.63, 3.8) is 0 Å². The molecule has 1 N–H and O–H groups in total. The van der Waals surface area contributed by atoms with Crippen molar-refractivity contribution >= 4 is 11.0 Å². The SMILES string of the molecule is CCN1CC[C@H](CN(C)Cc2nc3ccc(F)cc3[nH]2)C1. The minimum absolute atomic E-state index is 0.225. The number of hydrogen-bond donors (Lipinski definition) is 1. The van der Waals surface area contributed by atoms with Crippen molar-refractivity contribution in [3.8, 4) is 0 Å². The highest BCUT2D eigenvalue weighted by atomic mass is 19.1. The molecule has 2 aromatic rings. The zero-order valence-electron chi connectivity index (χ0n) is 12.8. The Kier molecular flexibility index (Phi) is 4.22. The molecule has 0 spiro atoms. The first-order chi connectivity index (χ1) is 10.1. The first kappa shape index (κ1) is 14.5. The summed E-state index contributed by atoms with van der Waals surface area (Å²) < 4.78 is 13.2. The lowest BCUT2D eigenvalue weighted by atomic mass is 10.1. The summed E-state index contributed by atoms with van der Waals surface area (Å²) in [6, 6.07) is 4.68. The summed E-state index contributed by atoms with van der Waals surface area (Å²) in [5.41, 5.74) is 1.61. The van der Waals surface area contributed by atoms with Crippen LogP contribution in [0.25, 0.3) is 11.0 Å². The van der Waals surface area contributed by atoms with E-state index in [9.17, 15) is 4.39 Å². The van der Waals surface area contributed by atoms with Crippen LogP contribution < -0.4 is 0 Å². The summed E-state index contributed by atoms with van der Waals surface area (Å²) in [7, 11) is 2.13. The highest BCUT2D eigenvalue weighted by molar-refractivity contribution is 5.74. The van der Waals surface area contributed by atoms with Crippen molar-refractivity contribution in [2.24, 2.45) is 5.92 Å². The van der Waals surface area contributed by atoms with Crippen LogP contribution in [0.4, 0.5) is 4.39 Å². The van der Waals surface area contributed by atoms with Crippen LogP contribution in [0.2, 0.25) is 0 Å². The van der Waals surface area contributed by atoms with Gasteiger partial charge in [0, 0.05) is 13.1 Å². The summed E-state index contributed by atoms with van der Waals surface area (Å²) in [6.45, 7) is 7.65. The van der Waals surface area contributed by atoms with Gasteiger partial charge in [-0.05, 0) is 50.7 Å². The van der Waals surface area contributed by atoms with Crippen molar-refractivity contribution in [1.82, 2.24) is 19.8 Å². The lowest BCUT2D eigenvalue weighted by molar-refractivity contribution is 0.256. The molecule has 1 atom stereocenters. The fourth-order valence-electron chi connectivity index (χ4n) is 3.22. The van der Waals surface area contributed by atoms with E-state index in [1.807, 2.05) is 0 Å². The van der Waals surface area contributed by atoms with Crippen molar-refractivity contribution in [2.75, 3.05) is 33.2 Å². The summed E-state index contributed by atoms with van der Waals surface area (Å²) in [6.07, 6.45) is 1.28. The van der Waals surface area contributed by atoms with Crippen LogP contribution in [0.15, 0.2) is 18.2 Å². The number of fused-ring (bicyclic) bond motifs is 1. The summed E-state index contributed by atoms with van der Waals surface area (Å²) in [5, 5.41) is 0. The number of nitrogens with zero attached hydrogens (tertiary/aromatic N) is 3.